The summed E-state index contributed by atoms with van der Waals surface area (Å²) in [4.78, 5) is 25.0. The molecule has 0 aromatic carbocycles. The Bertz CT molecular complexity index is 511. The number of nitrogens with one attached hydrogen (secondary N) is 3. The highest BCUT2D eigenvalue weighted by Crippen LogP contribution is 1.94. The number of rotatable bonds is 2. The van der Waals surface area contributed by atoms with Crippen LogP contribution in [0.1, 0.15) is 0 Å². The van der Waals surface area contributed by atoms with Crippen LogP contribution in [0.4, 0.5) is 5.69 Å². The van der Waals surface area contributed by atoms with Crippen LogP contribution in [0.3, 0.4) is 0 Å². The van der Waals surface area contributed by atoms with Gasteiger partial charge in [0.1, 0.15) is 5.69 Å². The Morgan fingerprint density at radius 1 is 1.38 bits per heavy atom. The number of hydrogen-bond donors (Lipinski definition) is 4. The Morgan fingerprint density at radius 2 is 2.00 bits per heavy atom. The second-order valence-corrected chi connectivity index (χ2v) is 3.22. The average molecular weight is 207 g/mol. The predicted molar refractivity (Wildman–Crippen MR) is 42.9 cm³/mol. The van der Waals surface area contributed by atoms with Gasteiger partial charge in [-0.3, -0.25) is 19.1 Å². The van der Waals surface area contributed by atoms with Crippen LogP contribution in [-0.4, -0.2) is 22.9 Å². The summed E-state index contributed by atoms with van der Waals surface area (Å²) in [6.45, 7) is 0. The van der Waals surface area contributed by atoms with E-state index in [1.807, 2.05) is 4.98 Å². The molecule has 0 aliphatic heterocycles. The van der Waals surface area contributed by atoms with E-state index in [4.69, 9.17) is 4.55 Å². The van der Waals surface area contributed by atoms with Gasteiger partial charge < -0.3 is 4.98 Å². The Morgan fingerprint density at radius 3 is 2.46 bits per heavy atom. The number of aromatic nitrogens is 2. The van der Waals surface area contributed by atoms with E-state index < -0.39 is 27.2 Å². The first-order valence-electron chi connectivity index (χ1n) is 2.96. The van der Waals surface area contributed by atoms with Gasteiger partial charge in [0.15, 0.2) is 0 Å². The molecule has 0 radical (unpaired) electrons. The van der Waals surface area contributed by atoms with E-state index in [1.54, 1.807) is 4.98 Å². The van der Waals surface area contributed by atoms with E-state index >= 15 is 0 Å². The second kappa shape index (κ2) is 3.03. The zero-order chi connectivity index (χ0) is 10.1. The Kier molecular flexibility index (Phi) is 2.21. The largest absolute Gasteiger partial charge is 0.357 e. The van der Waals surface area contributed by atoms with Gasteiger partial charge in [-0.05, 0) is 0 Å². The van der Waals surface area contributed by atoms with E-state index in [0.29, 0.717) is 0 Å². The van der Waals surface area contributed by atoms with Gasteiger partial charge in [0.05, 0.1) is 0 Å². The van der Waals surface area contributed by atoms with Crippen LogP contribution in [0.2, 0.25) is 0 Å². The maximum atomic E-state index is 10.8. The molecule has 0 aliphatic carbocycles. The third-order valence-corrected chi connectivity index (χ3v) is 1.54. The van der Waals surface area contributed by atoms with Gasteiger partial charge in [0, 0.05) is 6.20 Å². The highest BCUT2D eigenvalue weighted by Gasteiger charge is 2.07. The lowest BCUT2D eigenvalue weighted by atomic mass is 10.6. The number of hydrogen-bond acceptors (Lipinski definition) is 4. The van der Waals surface area contributed by atoms with E-state index in [0.717, 1.165) is 6.20 Å². The molecule has 4 N–H and O–H groups in total. The molecule has 0 saturated heterocycles. The van der Waals surface area contributed by atoms with Crippen molar-refractivity contribution in [3.63, 3.8) is 0 Å². The lowest BCUT2D eigenvalue weighted by Crippen LogP contribution is -2.26. The lowest BCUT2D eigenvalue weighted by molar-refractivity contribution is 0.489. The van der Waals surface area contributed by atoms with Crippen molar-refractivity contribution in [3.05, 3.63) is 27.0 Å². The summed E-state index contributed by atoms with van der Waals surface area (Å²) in [5.74, 6) is 0. The maximum Gasteiger partial charge on any atom is 0.357 e. The summed E-state index contributed by atoms with van der Waals surface area (Å²) < 4.78 is 30.2. The van der Waals surface area contributed by atoms with Crippen molar-refractivity contribution < 1.29 is 13.0 Å². The summed E-state index contributed by atoms with van der Waals surface area (Å²) >= 11 is 0. The van der Waals surface area contributed by atoms with Crippen molar-refractivity contribution >= 4 is 16.0 Å². The summed E-state index contributed by atoms with van der Waals surface area (Å²) in [5.41, 5.74) is -2.19. The van der Waals surface area contributed by atoms with Crippen LogP contribution in [0, 0.1) is 0 Å². The first kappa shape index (κ1) is 9.48. The van der Waals surface area contributed by atoms with Gasteiger partial charge in [-0.1, -0.05) is 0 Å². The molecule has 0 bridgehead atoms. The minimum absolute atomic E-state index is 0.470. The fraction of sp³-hybridized carbons (Fsp3) is 0. The zero-order valence-corrected chi connectivity index (χ0v) is 6.88. The summed E-state index contributed by atoms with van der Waals surface area (Å²) in [7, 11) is -4.50. The van der Waals surface area contributed by atoms with Crippen LogP contribution < -0.4 is 16.0 Å². The monoisotopic (exact) mass is 207 g/mol. The Labute approximate surface area is 71.5 Å². The quantitative estimate of drug-likeness (QED) is 0.428. The molecule has 1 aromatic heterocycles. The fourth-order valence-electron chi connectivity index (χ4n) is 0.625. The van der Waals surface area contributed by atoms with E-state index in [9.17, 15) is 18.0 Å². The van der Waals surface area contributed by atoms with Crippen molar-refractivity contribution in [1.29, 1.82) is 0 Å². The number of aromatic amines is 2. The Balaban J connectivity index is 3.19. The second-order valence-electron chi connectivity index (χ2n) is 2.06. The molecule has 1 aromatic rings. The molecule has 0 saturated carbocycles. The fourth-order valence-corrected chi connectivity index (χ4v) is 1.05. The van der Waals surface area contributed by atoms with Gasteiger partial charge >= 0.3 is 16.0 Å². The molecule has 0 aliphatic rings. The molecular weight excluding hydrogens is 202 g/mol. The molecule has 1 rings (SSSR count). The van der Waals surface area contributed by atoms with Crippen molar-refractivity contribution in [3.8, 4) is 0 Å². The molecule has 0 spiro atoms. The summed E-state index contributed by atoms with van der Waals surface area (Å²) in [5, 5.41) is 0. The SMILES string of the molecule is O=c1[nH]cc(NS(=O)(=O)O)c(=O)[nH]1. The van der Waals surface area contributed by atoms with Crippen LogP contribution in [-0.2, 0) is 10.3 Å². The number of H-pyrrole nitrogens is 2. The third kappa shape index (κ3) is 2.72. The smallest absolute Gasteiger partial charge is 0.312 e. The molecule has 9 heteroatoms. The lowest BCUT2D eigenvalue weighted by Gasteiger charge is -1.98. The molecule has 0 fully saturated rings. The van der Waals surface area contributed by atoms with Crippen LogP contribution in [0.15, 0.2) is 15.8 Å². The molecule has 0 unspecified atom stereocenters. The number of anilines is 1. The zero-order valence-electron chi connectivity index (χ0n) is 6.07. The van der Waals surface area contributed by atoms with Gasteiger partial charge in [-0.25, -0.2) is 4.79 Å². The average Bonchev–Trinajstić information content (AvgIpc) is 1.93. The minimum Gasteiger partial charge on any atom is -0.312 e. The van der Waals surface area contributed by atoms with Crippen LogP contribution in [0.25, 0.3) is 0 Å². The molecule has 0 amide bonds. The van der Waals surface area contributed by atoms with E-state index in [-0.39, 0.29) is 0 Å². The molecule has 1 heterocycles. The maximum absolute atomic E-state index is 10.8. The molecule has 8 nitrogen and oxygen atoms in total. The third-order valence-electron chi connectivity index (χ3n) is 1.06. The van der Waals surface area contributed by atoms with Crippen LogP contribution >= 0.6 is 0 Å². The van der Waals surface area contributed by atoms with E-state index in [2.05, 4.69) is 0 Å². The molecule has 72 valence electrons. The standard InChI is InChI=1S/C4H5N3O5S/c8-3-2(7-13(10,11)12)1-5-4(9)6-3/h1,7H,(H,10,11,12)(H2,5,6,8,9). The Hall–Kier alpha value is -1.61. The predicted octanol–water partition coefficient (Wildman–Crippen LogP) is -1.72. The van der Waals surface area contributed by atoms with Gasteiger partial charge in [-0.2, -0.15) is 8.42 Å². The first-order valence-corrected chi connectivity index (χ1v) is 4.40. The van der Waals surface area contributed by atoms with Crippen molar-refractivity contribution in [1.82, 2.24) is 9.97 Å². The van der Waals surface area contributed by atoms with Crippen molar-refractivity contribution in [2.45, 2.75) is 0 Å². The van der Waals surface area contributed by atoms with Crippen molar-refractivity contribution in [2.75, 3.05) is 4.72 Å². The first-order chi connectivity index (χ1) is 5.88. The van der Waals surface area contributed by atoms with Crippen molar-refractivity contribution in [2.24, 2.45) is 0 Å². The molecule has 13 heavy (non-hydrogen) atoms. The highest BCUT2D eigenvalue weighted by atomic mass is 32.2. The van der Waals surface area contributed by atoms with Gasteiger partial charge in [0.25, 0.3) is 5.56 Å². The molecule has 0 atom stereocenters. The van der Waals surface area contributed by atoms with Gasteiger partial charge in [-0.15, -0.1) is 0 Å². The van der Waals surface area contributed by atoms with Gasteiger partial charge in [0.2, 0.25) is 0 Å². The normalized spacial score (nSPS) is 11.2. The summed E-state index contributed by atoms with van der Waals surface area (Å²) in [6, 6.07) is 0. The van der Waals surface area contributed by atoms with Crippen LogP contribution in [0.5, 0.6) is 0 Å². The van der Waals surface area contributed by atoms with E-state index in [1.165, 1.54) is 4.72 Å². The highest BCUT2D eigenvalue weighted by molar-refractivity contribution is 7.87. The topological polar surface area (TPSA) is 132 Å². The summed E-state index contributed by atoms with van der Waals surface area (Å²) in [6.07, 6.45) is 0.828. The minimum atomic E-state index is -4.50. The molecular formula is C4H5N3O5S.